The fourth-order valence-electron chi connectivity index (χ4n) is 1.47. The predicted octanol–water partition coefficient (Wildman–Crippen LogP) is -0.640. The maximum absolute atomic E-state index is 12.1. The molecule has 0 amide bonds. The van der Waals surface area contributed by atoms with Crippen molar-refractivity contribution in [2.24, 2.45) is 7.05 Å². The van der Waals surface area contributed by atoms with Gasteiger partial charge in [0.2, 0.25) is 10.0 Å². The molecule has 1 heterocycles. The summed E-state index contributed by atoms with van der Waals surface area (Å²) in [6.07, 6.45) is 0.495. The molecule has 8 heteroatoms. The summed E-state index contributed by atoms with van der Waals surface area (Å²) >= 11 is 0. The first-order valence-corrected chi connectivity index (χ1v) is 6.74. The number of nitrogens with one attached hydrogen (secondary N) is 1. The van der Waals surface area contributed by atoms with Crippen LogP contribution in [-0.2, 0) is 17.1 Å². The largest absolute Gasteiger partial charge is 0.395 e. The van der Waals surface area contributed by atoms with E-state index in [1.807, 2.05) is 0 Å². The zero-order valence-electron chi connectivity index (χ0n) is 10.1. The second-order valence-electron chi connectivity index (χ2n) is 3.83. The summed E-state index contributed by atoms with van der Waals surface area (Å²) in [4.78, 5) is -0.0214. The predicted molar refractivity (Wildman–Crippen MR) is 63.8 cm³/mol. The first-order valence-electron chi connectivity index (χ1n) is 5.25. The third-order valence-electron chi connectivity index (χ3n) is 2.61. The highest BCUT2D eigenvalue weighted by Gasteiger charge is 2.26. The molecule has 0 saturated heterocycles. The van der Waals surface area contributed by atoms with Crippen LogP contribution in [0.25, 0.3) is 0 Å². The number of nitrogens with zero attached hydrogens (tertiary/aromatic N) is 2. The Bertz CT molecular complexity index is 491. The Hall–Kier alpha value is -1.12. The van der Waals surface area contributed by atoms with Gasteiger partial charge in [-0.15, -0.1) is 0 Å². The number of hydrogen-bond donors (Lipinski definition) is 3. The number of sulfonamides is 1. The van der Waals surface area contributed by atoms with Gasteiger partial charge in [-0.2, -0.15) is 5.10 Å². The molecule has 0 spiro atoms. The van der Waals surface area contributed by atoms with Gasteiger partial charge in [0.25, 0.3) is 0 Å². The van der Waals surface area contributed by atoms with Gasteiger partial charge in [0, 0.05) is 13.1 Å². The molecule has 98 valence electrons. The van der Waals surface area contributed by atoms with E-state index in [9.17, 15) is 8.42 Å². The van der Waals surface area contributed by atoms with Crippen molar-refractivity contribution in [2.45, 2.75) is 31.2 Å². The zero-order chi connectivity index (χ0) is 13.2. The average molecular weight is 262 g/mol. The molecule has 1 rings (SSSR count). The van der Waals surface area contributed by atoms with Crippen LogP contribution in [0.2, 0.25) is 0 Å². The van der Waals surface area contributed by atoms with Crippen molar-refractivity contribution in [3.05, 3.63) is 5.69 Å². The summed E-state index contributed by atoms with van der Waals surface area (Å²) in [5.41, 5.74) is 6.03. The topological polar surface area (TPSA) is 110 Å². The highest BCUT2D eigenvalue weighted by molar-refractivity contribution is 7.89. The summed E-state index contributed by atoms with van der Waals surface area (Å²) in [7, 11) is -2.12. The SMILES string of the molecule is CC[C@@H](CO)NS(=O)(=O)c1c(N)nn(C)c1C. The van der Waals surface area contributed by atoms with Crippen LogP contribution in [0.1, 0.15) is 19.0 Å². The van der Waals surface area contributed by atoms with Crippen molar-refractivity contribution in [1.29, 1.82) is 0 Å². The molecule has 0 unspecified atom stereocenters. The number of nitrogen functional groups attached to an aromatic ring is 1. The minimum Gasteiger partial charge on any atom is -0.395 e. The summed E-state index contributed by atoms with van der Waals surface area (Å²) in [5.74, 6) is -0.0368. The van der Waals surface area contributed by atoms with E-state index in [1.165, 1.54) is 4.68 Å². The minimum absolute atomic E-state index is 0.0214. The number of hydrogen-bond acceptors (Lipinski definition) is 5. The number of nitrogens with two attached hydrogens (primary N) is 1. The first kappa shape index (κ1) is 13.9. The average Bonchev–Trinajstić information content (AvgIpc) is 2.50. The van der Waals surface area contributed by atoms with Crippen LogP contribution in [0.4, 0.5) is 5.82 Å². The summed E-state index contributed by atoms with van der Waals surface area (Å²) in [5, 5.41) is 12.8. The molecular weight excluding hydrogens is 244 g/mol. The van der Waals surface area contributed by atoms with Crippen molar-refractivity contribution in [2.75, 3.05) is 12.3 Å². The fourth-order valence-corrected chi connectivity index (χ4v) is 3.11. The van der Waals surface area contributed by atoms with Crippen molar-refractivity contribution in [3.63, 3.8) is 0 Å². The quantitative estimate of drug-likeness (QED) is 0.653. The highest BCUT2D eigenvalue weighted by atomic mass is 32.2. The standard InChI is InChI=1S/C9H18N4O3S/c1-4-7(5-14)12-17(15,16)8-6(2)13(3)11-9(8)10/h7,12,14H,4-5H2,1-3H3,(H2,10,11)/t7-/m0/s1. The van der Waals surface area contributed by atoms with Gasteiger partial charge in [-0.05, 0) is 13.3 Å². The van der Waals surface area contributed by atoms with E-state index in [0.29, 0.717) is 12.1 Å². The maximum Gasteiger partial charge on any atom is 0.246 e. The van der Waals surface area contributed by atoms with E-state index in [0.717, 1.165) is 0 Å². The Labute approximate surface area is 101 Å². The summed E-state index contributed by atoms with van der Waals surface area (Å²) in [6.45, 7) is 3.15. The Morgan fingerprint density at radius 3 is 2.53 bits per heavy atom. The van der Waals surface area contributed by atoms with Crippen LogP contribution in [0.3, 0.4) is 0 Å². The van der Waals surface area contributed by atoms with Crippen LogP contribution in [0, 0.1) is 6.92 Å². The van der Waals surface area contributed by atoms with Crippen molar-refractivity contribution < 1.29 is 13.5 Å². The monoisotopic (exact) mass is 262 g/mol. The van der Waals surface area contributed by atoms with Gasteiger partial charge < -0.3 is 10.8 Å². The molecule has 1 aromatic rings. The molecule has 1 aromatic heterocycles. The van der Waals surface area contributed by atoms with Crippen molar-refractivity contribution in [1.82, 2.24) is 14.5 Å². The lowest BCUT2D eigenvalue weighted by Gasteiger charge is -2.14. The zero-order valence-corrected chi connectivity index (χ0v) is 11.0. The second-order valence-corrected chi connectivity index (χ2v) is 5.48. The Morgan fingerprint density at radius 1 is 1.59 bits per heavy atom. The normalized spacial score (nSPS) is 13.9. The Morgan fingerprint density at radius 2 is 2.18 bits per heavy atom. The van der Waals surface area contributed by atoms with Gasteiger partial charge in [-0.25, -0.2) is 13.1 Å². The van der Waals surface area contributed by atoms with E-state index >= 15 is 0 Å². The summed E-state index contributed by atoms with van der Waals surface area (Å²) < 4.78 is 27.9. The number of aliphatic hydroxyl groups is 1. The molecule has 0 radical (unpaired) electrons. The van der Waals surface area contributed by atoms with Gasteiger partial charge in [0.1, 0.15) is 4.90 Å². The number of rotatable bonds is 5. The smallest absolute Gasteiger partial charge is 0.246 e. The summed E-state index contributed by atoms with van der Waals surface area (Å²) in [6, 6.07) is -0.515. The number of anilines is 1. The Balaban J connectivity index is 3.13. The molecule has 7 nitrogen and oxygen atoms in total. The van der Waals surface area contributed by atoms with Crippen LogP contribution in [0.5, 0.6) is 0 Å². The van der Waals surface area contributed by atoms with Crippen LogP contribution < -0.4 is 10.5 Å². The molecule has 0 saturated carbocycles. The van der Waals surface area contributed by atoms with E-state index < -0.39 is 16.1 Å². The molecule has 1 atom stereocenters. The third kappa shape index (κ3) is 2.76. The van der Waals surface area contributed by atoms with E-state index in [-0.39, 0.29) is 17.3 Å². The van der Waals surface area contributed by atoms with E-state index in [1.54, 1.807) is 20.9 Å². The second kappa shape index (κ2) is 5.03. The fraction of sp³-hybridized carbons (Fsp3) is 0.667. The molecule has 0 aliphatic rings. The van der Waals surface area contributed by atoms with Gasteiger partial charge >= 0.3 is 0 Å². The van der Waals surface area contributed by atoms with E-state index in [4.69, 9.17) is 10.8 Å². The minimum atomic E-state index is -3.74. The lowest BCUT2D eigenvalue weighted by Crippen LogP contribution is -2.37. The van der Waals surface area contributed by atoms with Gasteiger partial charge in [-0.1, -0.05) is 6.92 Å². The molecular formula is C9H18N4O3S. The molecule has 0 aliphatic carbocycles. The molecule has 17 heavy (non-hydrogen) atoms. The van der Waals surface area contributed by atoms with Crippen molar-refractivity contribution in [3.8, 4) is 0 Å². The molecule has 0 bridgehead atoms. The number of aromatic nitrogens is 2. The number of aliphatic hydroxyl groups excluding tert-OH is 1. The van der Waals surface area contributed by atoms with Crippen LogP contribution in [0.15, 0.2) is 4.90 Å². The lowest BCUT2D eigenvalue weighted by molar-refractivity contribution is 0.254. The molecule has 0 aromatic carbocycles. The van der Waals surface area contributed by atoms with Gasteiger partial charge in [0.15, 0.2) is 5.82 Å². The van der Waals surface area contributed by atoms with Gasteiger partial charge in [0.05, 0.1) is 12.3 Å². The lowest BCUT2D eigenvalue weighted by atomic mass is 10.3. The van der Waals surface area contributed by atoms with Crippen molar-refractivity contribution >= 4 is 15.8 Å². The van der Waals surface area contributed by atoms with E-state index in [2.05, 4.69) is 9.82 Å². The number of aryl methyl sites for hydroxylation is 1. The molecule has 0 aliphatic heterocycles. The molecule has 0 fully saturated rings. The first-order chi connectivity index (χ1) is 7.83. The third-order valence-corrected chi connectivity index (χ3v) is 4.29. The molecule has 4 N–H and O–H groups in total. The highest BCUT2D eigenvalue weighted by Crippen LogP contribution is 2.21. The van der Waals surface area contributed by atoms with Crippen LogP contribution in [-0.4, -0.2) is 36.0 Å². The van der Waals surface area contributed by atoms with Crippen LogP contribution >= 0.6 is 0 Å². The van der Waals surface area contributed by atoms with Gasteiger partial charge in [-0.3, -0.25) is 4.68 Å². The Kier molecular flexibility index (Phi) is 4.12. The maximum atomic E-state index is 12.1.